The van der Waals surface area contributed by atoms with Crippen LogP contribution in [0.2, 0.25) is 0 Å². The van der Waals surface area contributed by atoms with Gasteiger partial charge >= 0.3 is 0 Å². The van der Waals surface area contributed by atoms with Gasteiger partial charge in [-0.2, -0.15) is 0 Å². The molecule has 0 saturated heterocycles. The van der Waals surface area contributed by atoms with Crippen LogP contribution in [0.15, 0.2) is 34.7 Å². The molecule has 0 radical (unpaired) electrons. The Bertz CT molecular complexity index is 559. The summed E-state index contributed by atoms with van der Waals surface area (Å²) in [6.07, 6.45) is 0. The fourth-order valence-corrected chi connectivity index (χ4v) is 3.21. The molecule has 0 spiro atoms. The molecule has 0 aliphatic rings. The van der Waals surface area contributed by atoms with Crippen molar-refractivity contribution < 1.29 is 4.79 Å². The van der Waals surface area contributed by atoms with E-state index in [-0.39, 0.29) is 5.91 Å². The lowest BCUT2D eigenvalue weighted by molar-refractivity contribution is -0.128. The Morgan fingerprint density at radius 3 is 2.70 bits per heavy atom. The SMILES string of the molecule is CCN(Cc1ccccc1)C(=O)CSc1nnc(N)s1. The molecule has 0 aliphatic carbocycles. The topological polar surface area (TPSA) is 72.1 Å². The van der Waals surface area contributed by atoms with E-state index in [0.717, 1.165) is 9.90 Å². The molecule has 1 heterocycles. The van der Waals surface area contributed by atoms with Crippen molar-refractivity contribution in [2.24, 2.45) is 0 Å². The Hall–Kier alpha value is -1.60. The molecule has 20 heavy (non-hydrogen) atoms. The Morgan fingerprint density at radius 2 is 2.10 bits per heavy atom. The highest BCUT2D eigenvalue weighted by Crippen LogP contribution is 2.23. The van der Waals surface area contributed by atoms with Crippen molar-refractivity contribution in [1.82, 2.24) is 15.1 Å². The first-order chi connectivity index (χ1) is 9.69. The molecule has 106 valence electrons. The number of thioether (sulfide) groups is 1. The van der Waals surface area contributed by atoms with Crippen molar-refractivity contribution in [3.8, 4) is 0 Å². The molecule has 5 nitrogen and oxygen atoms in total. The minimum atomic E-state index is 0.0927. The van der Waals surface area contributed by atoms with Gasteiger partial charge in [0.05, 0.1) is 5.75 Å². The Balaban J connectivity index is 1.89. The third kappa shape index (κ3) is 4.21. The molecule has 0 unspecified atom stereocenters. The molecule has 0 saturated carbocycles. The number of nitrogens with two attached hydrogens (primary N) is 1. The first kappa shape index (κ1) is 14.8. The molecular formula is C13H16N4OS2. The molecule has 1 aromatic carbocycles. The van der Waals surface area contributed by atoms with Crippen molar-refractivity contribution >= 4 is 34.1 Å². The normalized spacial score (nSPS) is 10.4. The minimum absolute atomic E-state index is 0.0927. The van der Waals surface area contributed by atoms with Crippen LogP contribution in [0.3, 0.4) is 0 Å². The number of carbonyl (C=O) groups is 1. The van der Waals surface area contributed by atoms with Crippen LogP contribution >= 0.6 is 23.1 Å². The van der Waals surface area contributed by atoms with Crippen molar-refractivity contribution in [3.63, 3.8) is 0 Å². The third-order valence-electron chi connectivity index (χ3n) is 2.69. The first-order valence-electron chi connectivity index (χ1n) is 6.22. The zero-order valence-corrected chi connectivity index (χ0v) is 12.8. The highest BCUT2D eigenvalue weighted by atomic mass is 32.2. The molecule has 2 N–H and O–H groups in total. The van der Waals surface area contributed by atoms with Crippen LogP contribution in [0.5, 0.6) is 0 Å². The molecule has 7 heteroatoms. The molecule has 2 aromatic rings. The van der Waals surface area contributed by atoms with Gasteiger partial charge in [0.15, 0.2) is 4.34 Å². The number of benzene rings is 1. The minimum Gasteiger partial charge on any atom is -0.374 e. The van der Waals surface area contributed by atoms with Crippen molar-refractivity contribution in [2.45, 2.75) is 17.8 Å². The van der Waals surface area contributed by atoms with E-state index in [1.165, 1.54) is 23.1 Å². The summed E-state index contributed by atoms with van der Waals surface area (Å²) in [5.74, 6) is 0.449. The number of amides is 1. The van der Waals surface area contributed by atoms with Gasteiger partial charge in [0.2, 0.25) is 11.0 Å². The van der Waals surface area contributed by atoms with Gasteiger partial charge in [-0.25, -0.2) is 0 Å². The quantitative estimate of drug-likeness (QED) is 0.829. The van der Waals surface area contributed by atoms with Crippen molar-refractivity contribution in [2.75, 3.05) is 18.0 Å². The summed E-state index contributed by atoms with van der Waals surface area (Å²) in [6.45, 7) is 3.30. The van der Waals surface area contributed by atoms with E-state index in [4.69, 9.17) is 5.73 Å². The van der Waals surface area contributed by atoms with Gasteiger partial charge in [0.1, 0.15) is 0 Å². The van der Waals surface area contributed by atoms with E-state index in [0.29, 0.717) is 24.0 Å². The second kappa shape index (κ2) is 7.25. The summed E-state index contributed by atoms with van der Waals surface area (Å²) < 4.78 is 0.728. The van der Waals surface area contributed by atoms with E-state index in [2.05, 4.69) is 10.2 Å². The number of rotatable bonds is 6. The van der Waals surface area contributed by atoms with Crippen LogP contribution in [0, 0.1) is 0 Å². The van der Waals surface area contributed by atoms with Crippen LogP contribution in [0.25, 0.3) is 0 Å². The van der Waals surface area contributed by atoms with Gasteiger partial charge in [-0.3, -0.25) is 4.79 Å². The average Bonchev–Trinajstić information content (AvgIpc) is 2.89. The molecule has 1 aromatic heterocycles. The maximum Gasteiger partial charge on any atom is 0.233 e. The van der Waals surface area contributed by atoms with Crippen molar-refractivity contribution in [3.05, 3.63) is 35.9 Å². The molecule has 2 rings (SSSR count). The van der Waals surface area contributed by atoms with Gasteiger partial charge in [-0.1, -0.05) is 53.4 Å². The highest BCUT2D eigenvalue weighted by Gasteiger charge is 2.13. The molecule has 1 amide bonds. The Morgan fingerprint density at radius 1 is 1.35 bits per heavy atom. The monoisotopic (exact) mass is 308 g/mol. The van der Waals surface area contributed by atoms with E-state index in [1.54, 1.807) is 0 Å². The lowest BCUT2D eigenvalue weighted by atomic mass is 10.2. The first-order valence-corrected chi connectivity index (χ1v) is 8.02. The second-order valence-corrected chi connectivity index (χ2v) is 6.32. The lowest BCUT2D eigenvalue weighted by Gasteiger charge is -2.20. The van der Waals surface area contributed by atoms with Gasteiger partial charge < -0.3 is 10.6 Å². The fourth-order valence-electron chi connectivity index (χ4n) is 1.67. The summed E-state index contributed by atoms with van der Waals surface area (Å²) in [5, 5.41) is 8.05. The van der Waals surface area contributed by atoms with Crippen LogP contribution in [-0.2, 0) is 11.3 Å². The van der Waals surface area contributed by atoms with Crippen LogP contribution in [-0.4, -0.2) is 33.3 Å². The van der Waals surface area contributed by atoms with Gasteiger partial charge in [-0.15, -0.1) is 10.2 Å². The van der Waals surface area contributed by atoms with E-state index < -0.39 is 0 Å². The summed E-state index contributed by atoms with van der Waals surface area (Å²) in [6, 6.07) is 9.97. The van der Waals surface area contributed by atoms with Gasteiger partial charge in [-0.05, 0) is 12.5 Å². The Labute approximate surface area is 126 Å². The summed E-state index contributed by atoms with van der Waals surface area (Å²) in [4.78, 5) is 14.0. The number of hydrogen-bond donors (Lipinski definition) is 1. The summed E-state index contributed by atoms with van der Waals surface area (Å²) in [5.41, 5.74) is 6.64. The predicted octanol–water partition coefficient (Wildman–Crippen LogP) is 2.26. The predicted molar refractivity (Wildman–Crippen MR) is 82.6 cm³/mol. The largest absolute Gasteiger partial charge is 0.374 e. The number of anilines is 1. The molecule has 0 bridgehead atoms. The lowest BCUT2D eigenvalue weighted by Crippen LogP contribution is -2.31. The maximum absolute atomic E-state index is 12.2. The van der Waals surface area contributed by atoms with E-state index in [9.17, 15) is 4.79 Å². The average molecular weight is 308 g/mol. The van der Waals surface area contributed by atoms with Crippen LogP contribution in [0.4, 0.5) is 5.13 Å². The van der Waals surface area contributed by atoms with Crippen LogP contribution in [0.1, 0.15) is 12.5 Å². The second-order valence-electron chi connectivity index (χ2n) is 4.09. The molecule has 0 atom stereocenters. The molecular weight excluding hydrogens is 292 g/mol. The Kier molecular flexibility index (Phi) is 5.37. The standard InChI is InChI=1S/C13H16N4OS2/c1-2-17(8-10-6-4-3-5-7-10)11(18)9-19-13-16-15-12(14)20-13/h3-7H,2,8-9H2,1H3,(H2,14,15). The zero-order chi connectivity index (χ0) is 14.4. The summed E-state index contributed by atoms with van der Waals surface area (Å²) in [7, 11) is 0. The number of nitrogens with zero attached hydrogens (tertiary/aromatic N) is 3. The number of aromatic nitrogens is 2. The number of carbonyl (C=O) groups excluding carboxylic acids is 1. The van der Waals surface area contributed by atoms with Crippen molar-refractivity contribution in [1.29, 1.82) is 0 Å². The molecule has 0 fully saturated rings. The maximum atomic E-state index is 12.2. The highest BCUT2D eigenvalue weighted by molar-refractivity contribution is 8.01. The van der Waals surface area contributed by atoms with E-state index >= 15 is 0 Å². The smallest absolute Gasteiger partial charge is 0.233 e. The number of hydrogen-bond acceptors (Lipinski definition) is 6. The molecule has 0 aliphatic heterocycles. The zero-order valence-electron chi connectivity index (χ0n) is 11.2. The van der Waals surface area contributed by atoms with Gasteiger partial charge in [0, 0.05) is 13.1 Å². The third-order valence-corrected chi connectivity index (χ3v) is 4.56. The van der Waals surface area contributed by atoms with E-state index in [1.807, 2.05) is 42.2 Å². The summed E-state index contributed by atoms with van der Waals surface area (Å²) >= 11 is 2.68. The number of nitrogen functional groups attached to an aromatic ring is 1. The van der Waals surface area contributed by atoms with Crippen LogP contribution < -0.4 is 5.73 Å². The fraction of sp³-hybridized carbons (Fsp3) is 0.308. The van der Waals surface area contributed by atoms with Gasteiger partial charge in [0.25, 0.3) is 0 Å².